The number of methoxy groups -OCH3 is 1. The molecule has 0 aliphatic carbocycles. The van der Waals surface area contributed by atoms with Crippen LogP contribution in [-0.4, -0.2) is 23.3 Å². The van der Waals surface area contributed by atoms with E-state index in [1.807, 2.05) is 26.0 Å². The van der Waals surface area contributed by atoms with Crippen molar-refractivity contribution in [2.24, 2.45) is 4.99 Å². The second-order valence-electron chi connectivity index (χ2n) is 5.70. The standard InChI is InChI=1S/C19H18N2O3S/c1-11-4-6-14(12(2)8-11)20-19-21-18(23)17(25-19)10-13-5-7-16(24-3)15(22)9-13/h4-10,22H,1-3H3,(H,20,21,23)/b17-10-. The minimum Gasteiger partial charge on any atom is -0.504 e. The maximum atomic E-state index is 12.2. The zero-order chi connectivity index (χ0) is 18.0. The van der Waals surface area contributed by atoms with Gasteiger partial charge in [-0.05, 0) is 61.0 Å². The van der Waals surface area contributed by atoms with Gasteiger partial charge in [0.25, 0.3) is 5.91 Å². The van der Waals surface area contributed by atoms with Gasteiger partial charge in [-0.2, -0.15) is 0 Å². The van der Waals surface area contributed by atoms with Gasteiger partial charge in [0.2, 0.25) is 0 Å². The molecule has 1 aliphatic rings. The Balaban J connectivity index is 1.84. The van der Waals surface area contributed by atoms with Crippen molar-refractivity contribution in [3.63, 3.8) is 0 Å². The van der Waals surface area contributed by atoms with Crippen molar-refractivity contribution < 1.29 is 14.6 Å². The summed E-state index contributed by atoms with van der Waals surface area (Å²) in [5.41, 5.74) is 3.77. The molecule has 0 aromatic heterocycles. The third-order valence-corrected chi connectivity index (χ3v) is 4.64. The summed E-state index contributed by atoms with van der Waals surface area (Å²) in [6, 6.07) is 11.0. The summed E-state index contributed by atoms with van der Waals surface area (Å²) < 4.78 is 5.02. The van der Waals surface area contributed by atoms with Crippen molar-refractivity contribution in [3.05, 3.63) is 58.0 Å². The van der Waals surface area contributed by atoms with E-state index in [1.54, 1.807) is 24.3 Å². The number of aryl methyl sites for hydroxylation is 2. The molecule has 2 aromatic carbocycles. The van der Waals surface area contributed by atoms with Crippen LogP contribution in [0.15, 0.2) is 46.3 Å². The molecule has 0 spiro atoms. The van der Waals surface area contributed by atoms with E-state index in [-0.39, 0.29) is 11.7 Å². The highest BCUT2D eigenvalue weighted by Crippen LogP contribution is 2.32. The van der Waals surface area contributed by atoms with Gasteiger partial charge in [0.15, 0.2) is 16.7 Å². The number of hydrogen-bond donors (Lipinski definition) is 2. The van der Waals surface area contributed by atoms with Crippen molar-refractivity contribution >= 4 is 34.6 Å². The Hall–Kier alpha value is -2.73. The molecule has 1 fully saturated rings. The molecule has 1 aliphatic heterocycles. The number of benzene rings is 2. The zero-order valence-corrected chi connectivity index (χ0v) is 15.0. The number of aromatic hydroxyl groups is 1. The summed E-state index contributed by atoms with van der Waals surface area (Å²) in [6.07, 6.45) is 1.71. The van der Waals surface area contributed by atoms with Gasteiger partial charge in [0, 0.05) is 0 Å². The lowest BCUT2D eigenvalue weighted by Gasteiger charge is -2.03. The number of nitrogens with one attached hydrogen (secondary N) is 1. The van der Waals surface area contributed by atoms with Crippen LogP contribution < -0.4 is 10.1 Å². The van der Waals surface area contributed by atoms with Gasteiger partial charge < -0.3 is 15.2 Å². The second kappa shape index (κ2) is 7.03. The van der Waals surface area contributed by atoms with Crippen LogP contribution >= 0.6 is 11.8 Å². The van der Waals surface area contributed by atoms with Crippen molar-refractivity contribution in [1.29, 1.82) is 0 Å². The van der Waals surface area contributed by atoms with Crippen LogP contribution in [-0.2, 0) is 4.79 Å². The highest BCUT2D eigenvalue weighted by Gasteiger charge is 2.24. The number of rotatable bonds is 3. The highest BCUT2D eigenvalue weighted by atomic mass is 32.2. The monoisotopic (exact) mass is 354 g/mol. The minimum atomic E-state index is -0.205. The van der Waals surface area contributed by atoms with E-state index >= 15 is 0 Å². The number of hydrogen-bond acceptors (Lipinski definition) is 5. The van der Waals surface area contributed by atoms with Gasteiger partial charge in [0.1, 0.15) is 0 Å². The topological polar surface area (TPSA) is 70.9 Å². The van der Waals surface area contributed by atoms with E-state index in [0.29, 0.717) is 21.4 Å². The van der Waals surface area contributed by atoms with E-state index in [0.717, 1.165) is 11.3 Å². The Morgan fingerprint density at radius 1 is 1.20 bits per heavy atom. The molecular formula is C19H18N2O3S. The van der Waals surface area contributed by atoms with Crippen molar-refractivity contribution in [2.45, 2.75) is 13.8 Å². The van der Waals surface area contributed by atoms with E-state index in [1.165, 1.54) is 24.4 Å². The Morgan fingerprint density at radius 3 is 2.68 bits per heavy atom. The number of aliphatic imine (C=N–C) groups is 1. The summed E-state index contributed by atoms with van der Waals surface area (Å²) in [5, 5.41) is 13.2. The fourth-order valence-electron chi connectivity index (χ4n) is 2.47. The number of phenols is 1. The number of carbonyl (C=O) groups is 1. The molecule has 0 saturated carbocycles. The predicted molar refractivity (Wildman–Crippen MR) is 101 cm³/mol. The maximum absolute atomic E-state index is 12.2. The summed E-state index contributed by atoms with van der Waals surface area (Å²) in [6.45, 7) is 4.02. The number of carbonyl (C=O) groups excluding carboxylic acids is 1. The van der Waals surface area contributed by atoms with Crippen molar-refractivity contribution in [3.8, 4) is 11.5 Å². The summed E-state index contributed by atoms with van der Waals surface area (Å²) in [5.74, 6) is 0.219. The third kappa shape index (κ3) is 3.85. The molecule has 25 heavy (non-hydrogen) atoms. The lowest BCUT2D eigenvalue weighted by atomic mass is 10.1. The SMILES string of the molecule is COc1ccc(/C=C2\SC(=Nc3ccc(C)cc3C)NC2=O)cc1O. The van der Waals surface area contributed by atoms with Crippen LogP contribution in [0.1, 0.15) is 16.7 Å². The molecule has 6 heteroatoms. The molecule has 2 N–H and O–H groups in total. The Morgan fingerprint density at radius 2 is 2.00 bits per heavy atom. The zero-order valence-electron chi connectivity index (χ0n) is 14.2. The first-order chi connectivity index (χ1) is 12.0. The molecule has 1 heterocycles. The van der Waals surface area contributed by atoms with Gasteiger partial charge >= 0.3 is 0 Å². The average molecular weight is 354 g/mol. The van der Waals surface area contributed by atoms with Crippen LogP contribution in [0.3, 0.4) is 0 Å². The average Bonchev–Trinajstić information content (AvgIpc) is 2.90. The molecular weight excluding hydrogens is 336 g/mol. The predicted octanol–water partition coefficient (Wildman–Crippen LogP) is 3.91. The van der Waals surface area contributed by atoms with Crippen LogP contribution in [0.4, 0.5) is 5.69 Å². The van der Waals surface area contributed by atoms with Gasteiger partial charge in [-0.25, -0.2) is 4.99 Å². The second-order valence-corrected chi connectivity index (χ2v) is 6.73. The summed E-state index contributed by atoms with van der Waals surface area (Å²) in [4.78, 5) is 17.2. The number of ether oxygens (including phenoxy) is 1. The molecule has 3 rings (SSSR count). The molecule has 0 atom stereocenters. The quantitative estimate of drug-likeness (QED) is 0.820. The molecule has 1 saturated heterocycles. The highest BCUT2D eigenvalue weighted by molar-refractivity contribution is 8.18. The number of thioether (sulfide) groups is 1. The number of amidine groups is 1. The fourth-order valence-corrected chi connectivity index (χ4v) is 3.30. The van der Waals surface area contributed by atoms with Gasteiger partial charge in [-0.15, -0.1) is 0 Å². The Bertz CT molecular complexity index is 904. The first kappa shape index (κ1) is 17.1. The third-order valence-electron chi connectivity index (χ3n) is 3.73. The van der Waals surface area contributed by atoms with Gasteiger partial charge in [0.05, 0.1) is 17.7 Å². The molecule has 5 nitrogen and oxygen atoms in total. The first-order valence-electron chi connectivity index (χ1n) is 7.70. The molecule has 0 radical (unpaired) electrons. The van der Waals surface area contributed by atoms with Crippen LogP contribution in [0.2, 0.25) is 0 Å². The van der Waals surface area contributed by atoms with Crippen molar-refractivity contribution in [1.82, 2.24) is 5.32 Å². The largest absolute Gasteiger partial charge is 0.504 e. The molecule has 128 valence electrons. The van der Waals surface area contributed by atoms with Crippen molar-refractivity contribution in [2.75, 3.05) is 7.11 Å². The Labute approximate surface area is 150 Å². The van der Waals surface area contributed by atoms with E-state index in [4.69, 9.17) is 4.74 Å². The molecule has 0 unspecified atom stereocenters. The van der Waals surface area contributed by atoms with E-state index < -0.39 is 0 Å². The lowest BCUT2D eigenvalue weighted by Crippen LogP contribution is -2.19. The molecule has 0 bridgehead atoms. The molecule has 2 aromatic rings. The van der Waals surface area contributed by atoms with Crippen LogP contribution in [0.5, 0.6) is 11.5 Å². The van der Waals surface area contributed by atoms with E-state index in [2.05, 4.69) is 16.4 Å². The fraction of sp³-hybridized carbons (Fsp3) is 0.158. The first-order valence-corrected chi connectivity index (χ1v) is 8.52. The van der Waals surface area contributed by atoms with Gasteiger partial charge in [-0.3, -0.25) is 4.79 Å². The smallest absolute Gasteiger partial charge is 0.264 e. The van der Waals surface area contributed by atoms with Crippen LogP contribution in [0.25, 0.3) is 6.08 Å². The van der Waals surface area contributed by atoms with E-state index in [9.17, 15) is 9.90 Å². The number of nitrogens with zero attached hydrogens (tertiary/aromatic N) is 1. The summed E-state index contributed by atoms with van der Waals surface area (Å²) in [7, 11) is 1.49. The lowest BCUT2D eigenvalue weighted by molar-refractivity contribution is -0.115. The number of phenolic OH excluding ortho intramolecular Hbond substituents is 1. The summed E-state index contributed by atoms with van der Waals surface area (Å²) >= 11 is 1.27. The minimum absolute atomic E-state index is 0.0319. The normalized spacial score (nSPS) is 17.2. The number of amides is 1. The molecule has 1 amide bonds. The Kier molecular flexibility index (Phi) is 4.81. The van der Waals surface area contributed by atoms with Gasteiger partial charge in [-0.1, -0.05) is 23.8 Å². The maximum Gasteiger partial charge on any atom is 0.264 e. The van der Waals surface area contributed by atoms with Crippen LogP contribution in [0, 0.1) is 13.8 Å².